The topological polar surface area (TPSA) is 72.9 Å². The summed E-state index contributed by atoms with van der Waals surface area (Å²) in [7, 11) is 0. The minimum absolute atomic E-state index is 0.0304. The molecular formula is C26H37N3O3. The van der Waals surface area contributed by atoms with Crippen molar-refractivity contribution >= 4 is 18.0 Å². The van der Waals surface area contributed by atoms with Crippen LogP contribution >= 0.6 is 0 Å². The van der Waals surface area contributed by atoms with Gasteiger partial charge in [-0.05, 0) is 44.7 Å². The number of hydrogen-bond donors (Lipinski definition) is 2. The Balaban J connectivity index is 1.61. The van der Waals surface area contributed by atoms with Gasteiger partial charge in [-0.25, -0.2) is 4.79 Å². The fraction of sp³-hybridized carbons (Fsp3) is 0.615. The molecule has 2 aliphatic heterocycles. The van der Waals surface area contributed by atoms with Gasteiger partial charge in [0.05, 0.1) is 18.2 Å². The third-order valence-electron chi connectivity index (χ3n) is 7.44. The zero-order valence-corrected chi connectivity index (χ0v) is 19.6. The van der Waals surface area contributed by atoms with Crippen LogP contribution in [0.3, 0.4) is 0 Å². The summed E-state index contributed by atoms with van der Waals surface area (Å²) >= 11 is 0. The summed E-state index contributed by atoms with van der Waals surface area (Å²) in [5.74, 6) is 0.253. The minimum Gasteiger partial charge on any atom is -0.394 e. The Morgan fingerprint density at radius 1 is 1.16 bits per heavy atom. The molecule has 6 nitrogen and oxygen atoms in total. The highest BCUT2D eigenvalue weighted by atomic mass is 16.3. The maximum absolute atomic E-state index is 13.6. The summed E-state index contributed by atoms with van der Waals surface area (Å²) in [5.41, 5.74) is 1.85. The average molecular weight is 440 g/mol. The van der Waals surface area contributed by atoms with E-state index >= 15 is 0 Å². The summed E-state index contributed by atoms with van der Waals surface area (Å²) < 4.78 is 0. The van der Waals surface area contributed by atoms with Crippen LogP contribution in [-0.4, -0.2) is 64.2 Å². The number of nitrogens with zero attached hydrogens (tertiary/aromatic N) is 2. The van der Waals surface area contributed by atoms with Gasteiger partial charge >= 0.3 is 6.03 Å². The molecule has 0 unspecified atom stereocenters. The van der Waals surface area contributed by atoms with Crippen LogP contribution in [0.15, 0.2) is 30.3 Å². The number of aliphatic hydroxyl groups is 1. The Kier molecular flexibility index (Phi) is 6.61. The van der Waals surface area contributed by atoms with E-state index in [0.29, 0.717) is 13.1 Å². The molecule has 1 saturated carbocycles. The van der Waals surface area contributed by atoms with Crippen molar-refractivity contribution in [2.24, 2.45) is 5.92 Å². The summed E-state index contributed by atoms with van der Waals surface area (Å²) in [6, 6.07) is 8.17. The van der Waals surface area contributed by atoms with E-state index in [9.17, 15) is 14.7 Å². The Bertz CT molecular complexity index is 852. The zero-order valence-electron chi connectivity index (χ0n) is 19.6. The third kappa shape index (κ3) is 3.94. The van der Waals surface area contributed by atoms with E-state index in [1.807, 2.05) is 31.7 Å². The van der Waals surface area contributed by atoms with E-state index in [2.05, 4.69) is 35.7 Å². The first-order valence-electron chi connectivity index (χ1n) is 12.1. The third-order valence-corrected chi connectivity index (χ3v) is 7.44. The second kappa shape index (κ2) is 9.26. The van der Waals surface area contributed by atoms with Crippen LogP contribution in [-0.2, 0) is 4.79 Å². The van der Waals surface area contributed by atoms with E-state index < -0.39 is 5.54 Å². The van der Waals surface area contributed by atoms with Crippen molar-refractivity contribution in [1.29, 1.82) is 0 Å². The molecule has 6 heteroatoms. The SMILES string of the molecule is CC=Cc1ccc([C@H]2[C@@H](CO)N(C(=O)C3CCCCC3)C23CN(C(=O)NC(C)C)C3)cc1. The van der Waals surface area contributed by atoms with Crippen molar-refractivity contribution in [2.75, 3.05) is 19.7 Å². The molecule has 1 aromatic carbocycles. The fourth-order valence-electron chi connectivity index (χ4n) is 6.01. The Hall–Kier alpha value is -2.34. The molecule has 0 bridgehead atoms. The molecule has 0 aromatic heterocycles. The molecule has 3 fully saturated rings. The summed E-state index contributed by atoms with van der Waals surface area (Å²) in [5, 5.41) is 13.3. The molecule has 1 aromatic rings. The maximum atomic E-state index is 13.6. The van der Waals surface area contributed by atoms with Gasteiger partial charge in [0.2, 0.25) is 5.91 Å². The second-order valence-electron chi connectivity index (χ2n) is 10.0. The highest BCUT2D eigenvalue weighted by Gasteiger charge is 2.68. The molecule has 4 rings (SSSR count). The van der Waals surface area contributed by atoms with Crippen LogP contribution < -0.4 is 5.32 Å². The monoisotopic (exact) mass is 439 g/mol. The number of aliphatic hydroxyl groups excluding tert-OH is 1. The molecule has 32 heavy (non-hydrogen) atoms. The molecule has 3 aliphatic rings. The Labute approximate surface area is 191 Å². The molecule has 1 spiro atoms. The van der Waals surface area contributed by atoms with Gasteiger partial charge in [-0.2, -0.15) is 0 Å². The van der Waals surface area contributed by atoms with Gasteiger partial charge in [-0.15, -0.1) is 0 Å². The first kappa shape index (κ1) is 22.8. The predicted molar refractivity (Wildman–Crippen MR) is 126 cm³/mol. The van der Waals surface area contributed by atoms with E-state index in [-0.39, 0.29) is 42.5 Å². The van der Waals surface area contributed by atoms with Crippen LogP contribution in [0.25, 0.3) is 6.08 Å². The van der Waals surface area contributed by atoms with Gasteiger partial charge in [0.25, 0.3) is 0 Å². The molecule has 2 heterocycles. The van der Waals surface area contributed by atoms with Gasteiger partial charge in [-0.3, -0.25) is 4.79 Å². The van der Waals surface area contributed by atoms with Gasteiger partial charge < -0.3 is 20.2 Å². The second-order valence-corrected chi connectivity index (χ2v) is 10.0. The highest BCUT2D eigenvalue weighted by Crippen LogP contribution is 2.54. The molecule has 0 radical (unpaired) electrons. The minimum atomic E-state index is -0.418. The molecular weight excluding hydrogens is 402 g/mol. The van der Waals surface area contributed by atoms with Crippen LogP contribution in [0.5, 0.6) is 0 Å². The van der Waals surface area contributed by atoms with E-state index in [1.165, 1.54) is 6.42 Å². The fourth-order valence-corrected chi connectivity index (χ4v) is 6.01. The smallest absolute Gasteiger partial charge is 0.317 e. The van der Waals surface area contributed by atoms with Crippen LogP contribution in [0, 0.1) is 5.92 Å². The lowest BCUT2D eigenvalue weighted by molar-refractivity contribution is -0.197. The van der Waals surface area contributed by atoms with Gasteiger partial charge in [0, 0.05) is 31.0 Å². The van der Waals surface area contributed by atoms with E-state index in [0.717, 1.165) is 36.8 Å². The van der Waals surface area contributed by atoms with Crippen LogP contribution in [0.2, 0.25) is 0 Å². The van der Waals surface area contributed by atoms with Crippen molar-refractivity contribution in [3.05, 3.63) is 41.5 Å². The summed E-state index contributed by atoms with van der Waals surface area (Å²) in [6.45, 7) is 6.87. The average Bonchev–Trinajstić information content (AvgIpc) is 2.74. The predicted octanol–water partition coefficient (Wildman–Crippen LogP) is 3.76. The molecule has 2 atom stereocenters. The lowest BCUT2D eigenvalue weighted by atomic mass is 9.60. The van der Waals surface area contributed by atoms with E-state index in [4.69, 9.17) is 0 Å². The van der Waals surface area contributed by atoms with Crippen molar-refractivity contribution in [3.8, 4) is 0 Å². The Morgan fingerprint density at radius 3 is 2.38 bits per heavy atom. The van der Waals surface area contributed by atoms with Crippen LogP contribution in [0.1, 0.15) is 69.9 Å². The number of hydrogen-bond acceptors (Lipinski definition) is 3. The number of allylic oxidation sites excluding steroid dienone is 1. The summed E-state index contributed by atoms with van der Waals surface area (Å²) in [6.07, 6.45) is 9.33. The van der Waals surface area contributed by atoms with Gasteiger partial charge in [0.15, 0.2) is 0 Å². The summed E-state index contributed by atoms with van der Waals surface area (Å²) in [4.78, 5) is 30.0. The van der Waals surface area contributed by atoms with Gasteiger partial charge in [0.1, 0.15) is 0 Å². The van der Waals surface area contributed by atoms with Gasteiger partial charge in [-0.1, -0.05) is 55.7 Å². The number of urea groups is 1. The first-order chi connectivity index (χ1) is 15.4. The van der Waals surface area contributed by atoms with Crippen molar-refractivity contribution < 1.29 is 14.7 Å². The number of likely N-dealkylation sites (tertiary alicyclic amines) is 2. The molecule has 2 saturated heterocycles. The largest absolute Gasteiger partial charge is 0.394 e. The lowest BCUT2D eigenvalue weighted by Gasteiger charge is -2.70. The van der Waals surface area contributed by atoms with Crippen molar-refractivity contribution in [1.82, 2.24) is 15.1 Å². The molecule has 2 N–H and O–H groups in total. The number of amides is 3. The number of nitrogens with one attached hydrogen (secondary N) is 1. The molecule has 1 aliphatic carbocycles. The lowest BCUT2D eigenvalue weighted by Crippen LogP contribution is -2.86. The molecule has 3 amide bonds. The molecule has 174 valence electrons. The highest BCUT2D eigenvalue weighted by molar-refractivity contribution is 5.84. The number of carbonyl (C=O) groups excluding carboxylic acids is 2. The normalized spacial score (nSPS) is 25.2. The Morgan fingerprint density at radius 2 is 1.81 bits per heavy atom. The number of carbonyl (C=O) groups is 2. The van der Waals surface area contributed by atoms with E-state index in [1.54, 1.807) is 4.90 Å². The first-order valence-corrected chi connectivity index (χ1v) is 12.1. The zero-order chi connectivity index (χ0) is 22.9. The number of benzene rings is 1. The van der Waals surface area contributed by atoms with Crippen LogP contribution in [0.4, 0.5) is 4.79 Å². The van der Waals surface area contributed by atoms with Crippen molar-refractivity contribution in [2.45, 2.75) is 76.4 Å². The standard InChI is InChI=1S/C26H37N3O3/c1-4-8-19-11-13-20(14-12-19)23-22(15-30)29(24(31)21-9-6-5-7-10-21)26(23)16-28(17-26)25(32)27-18(2)3/h4,8,11-14,18,21-23,30H,5-7,9-10,15-17H2,1-3H3,(H,27,32)/t22-,23+/m1/s1. The maximum Gasteiger partial charge on any atom is 0.317 e. The quantitative estimate of drug-likeness (QED) is 0.734. The number of rotatable bonds is 5. The van der Waals surface area contributed by atoms with Crippen molar-refractivity contribution in [3.63, 3.8) is 0 Å².